The first kappa shape index (κ1) is 19.8. The Morgan fingerprint density at radius 3 is 2.68 bits per heavy atom. The lowest BCUT2D eigenvalue weighted by molar-refractivity contribution is -0.122. The molecule has 2 heterocycles. The quantitative estimate of drug-likeness (QED) is 0.618. The second kappa shape index (κ2) is 8.39. The minimum absolute atomic E-state index is 0.0920. The van der Waals surface area contributed by atoms with Crippen molar-refractivity contribution in [3.05, 3.63) is 46.8 Å². The number of aryl methyl sites for hydroxylation is 3. The van der Waals surface area contributed by atoms with Crippen LogP contribution in [-0.4, -0.2) is 43.7 Å². The molecule has 1 aromatic carbocycles. The van der Waals surface area contributed by atoms with Gasteiger partial charge in [-0.05, 0) is 51.0 Å². The molecule has 0 radical (unpaired) electrons. The summed E-state index contributed by atoms with van der Waals surface area (Å²) in [5, 5.41) is 10.2. The van der Waals surface area contributed by atoms with Gasteiger partial charge in [-0.2, -0.15) is 4.98 Å². The molecule has 3 aromatic rings. The number of thioether (sulfide) groups is 1. The molecule has 3 rings (SSSR count). The van der Waals surface area contributed by atoms with E-state index in [0.29, 0.717) is 10.9 Å². The van der Waals surface area contributed by atoms with E-state index in [1.165, 1.54) is 11.8 Å². The summed E-state index contributed by atoms with van der Waals surface area (Å²) < 4.78 is 1.64. The van der Waals surface area contributed by atoms with E-state index < -0.39 is 0 Å². The average molecular weight is 398 g/mol. The minimum Gasteiger partial charge on any atom is -0.346 e. The summed E-state index contributed by atoms with van der Waals surface area (Å²) in [5.74, 6) is 0.0911. The van der Waals surface area contributed by atoms with Crippen molar-refractivity contribution in [1.82, 2.24) is 24.9 Å². The van der Waals surface area contributed by atoms with Gasteiger partial charge in [-0.1, -0.05) is 23.9 Å². The van der Waals surface area contributed by atoms with Crippen molar-refractivity contribution >= 4 is 35.0 Å². The average Bonchev–Trinajstić information content (AvgIpc) is 3.05. The predicted molar refractivity (Wildman–Crippen MR) is 109 cm³/mol. The number of carbonyl (C=O) groups is 2. The third kappa shape index (κ3) is 4.66. The number of carbonyl (C=O) groups excluding carboxylic acids is 2. The molecule has 0 saturated carbocycles. The fourth-order valence-corrected chi connectivity index (χ4v) is 3.30. The Labute approximate surface area is 167 Å². The predicted octanol–water partition coefficient (Wildman–Crippen LogP) is 2.20. The molecular weight excluding hydrogens is 376 g/mol. The van der Waals surface area contributed by atoms with Crippen LogP contribution in [0, 0.1) is 27.7 Å². The molecule has 9 heteroatoms. The maximum atomic E-state index is 12.1. The summed E-state index contributed by atoms with van der Waals surface area (Å²) in [6, 6.07) is 7.62. The molecule has 146 valence electrons. The highest BCUT2D eigenvalue weighted by atomic mass is 32.2. The third-order valence-electron chi connectivity index (χ3n) is 4.26. The van der Waals surface area contributed by atoms with Gasteiger partial charge in [0.15, 0.2) is 0 Å². The number of aromatic nitrogens is 4. The van der Waals surface area contributed by atoms with Crippen LogP contribution in [0.1, 0.15) is 22.5 Å². The molecule has 8 nitrogen and oxygen atoms in total. The van der Waals surface area contributed by atoms with Crippen molar-refractivity contribution in [1.29, 1.82) is 0 Å². The maximum Gasteiger partial charge on any atom is 0.253 e. The first-order valence-corrected chi connectivity index (χ1v) is 9.78. The molecule has 0 unspecified atom stereocenters. The summed E-state index contributed by atoms with van der Waals surface area (Å²) >= 11 is 1.20. The van der Waals surface area contributed by atoms with Crippen LogP contribution in [0.5, 0.6) is 0 Å². The van der Waals surface area contributed by atoms with Crippen LogP contribution in [0.2, 0.25) is 0 Å². The molecule has 0 bridgehead atoms. The largest absolute Gasteiger partial charge is 0.346 e. The Balaban J connectivity index is 1.50. The molecule has 0 aliphatic heterocycles. The van der Waals surface area contributed by atoms with Gasteiger partial charge >= 0.3 is 0 Å². The fourth-order valence-electron chi connectivity index (χ4n) is 2.65. The lowest BCUT2D eigenvalue weighted by Gasteiger charge is -2.10. The normalized spacial score (nSPS) is 10.9. The van der Waals surface area contributed by atoms with Gasteiger partial charge in [0.05, 0.1) is 12.3 Å². The van der Waals surface area contributed by atoms with Crippen LogP contribution < -0.4 is 10.6 Å². The van der Waals surface area contributed by atoms with Gasteiger partial charge in [0.25, 0.3) is 5.78 Å². The van der Waals surface area contributed by atoms with E-state index in [4.69, 9.17) is 0 Å². The molecule has 0 fully saturated rings. The number of rotatable bonds is 6. The molecule has 0 atom stereocenters. The number of nitrogens with one attached hydrogen (secondary N) is 2. The number of anilines is 1. The van der Waals surface area contributed by atoms with E-state index in [2.05, 4.69) is 25.7 Å². The molecule has 2 amide bonds. The summed E-state index contributed by atoms with van der Waals surface area (Å²) in [4.78, 5) is 32.8. The smallest absolute Gasteiger partial charge is 0.253 e. The summed E-state index contributed by atoms with van der Waals surface area (Å²) in [6.07, 6.45) is 0. The number of hydrogen-bond acceptors (Lipinski definition) is 6. The van der Waals surface area contributed by atoms with Gasteiger partial charge in [-0.3, -0.25) is 9.59 Å². The molecule has 0 spiro atoms. The van der Waals surface area contributed by atoms with Crippen molar-refractivity contribution in [2.24, 2.45) is 0 Å². The van der Waals surface area contributed by atoms with Crippen molar-refractivity contribution in [2.75, 3.05) is 17.6 Å². The van der Waals surface area contributed by atoms with Crippen LogP contribution in [0.15, 0.2) is 29.4 Å². The highest BCUT2D eigenvalue weighted by Crippen LogP contribution is 2.18. The van der Waals surface area contributed by atoms with Gasteiger partial charge in [0.2, 0.25) is 17.0 Å². The monoisotopic (exact) mass is 398 g/mol. The molecular formula is C19H22N6O2S. The van der Waals surface area contributed by atoms with E-state index in [1.54, 1.807) is 4.52 Å². The zero-order chi connectivity index (χ0) is 20.3. The number of benzene rings is 1. The third-order valence-corrected chi connectivity index (χ3v) is 5.09. The van der Waals surface area contributed by atoms with E-state index in [-0.39, 0.29) is 24.1 Å². The maximum absolute atomic E-state index is 12.1. The summed E-state index contributed by atoms with van der Waals surface area (Å²) in [5.41, 5.74) is 4.64. The topological polar surface area (TPSA) is 101 Å². The van der Waals surface area contributed by atoms with Gasteiger partial charge in [-0.25, -0.2) is 9.50 Å². The van der Waals surface area contributed by atoms with Gasteiger partial charge in [0.1, 0.15) is 0 Å². The van der Waals surface area contributed by atoms with E-state index in [0.717, 1.165) is 28.2 Å². The lowest BCUT2D eigenvalue weighted by atomic mass is 10.1. The summed E-state index contributed by atoms with van der Waals surface area (Å²) in [7, 11) is 0. The fraction of sp³-hybridized carbons (Fsp3) is 0.316. The van der Waals surface area contributed by atoms with E-state index in [9.17, 15) is 9.59 Å². The van der Waals surface area contributed by atoms with Crippen LogP contribution in [-0.2, 0) is 9.59 Å². The number of hydrogen-bond donors (Lipinski definition) is 2. The second-order valence-electron chi connectivity index (χ2n) is 6.51. The zero-order valence-electron chi connectivity index (χ0n) is 16.2. The molecule has 28 heavy (non-hydrogen) atoms. The van der Waals surface area contributed by atoms with E-state index >= 15 is 0 Å². The lowest BCUT2D eigenvalue weighted by Crippen LogP contribution is -2.34. The summed E-state index contributed by atoms with van der Waals surface area (Å²) in [6.45, 7) is 7.65. The van der Waals surface area contributed by atoms with Crippen LogP contribution in [0.4, 0.5) is 5.69 Å². The van der Waals surface area contributed by atoms with E-state index in [1.807, 2.05) is 52.0 Å². The highest BCUT2D eigenvalue weighted by Gasteiger charge is 2.12. The molecule has 2 aromatic heterocycles. The first-order valence-electron chi connectivity index (χ1n) is 8.80. The Hall–Kier alpha value is -2.94. The Morgan fingerprint density at radius 2 is 1.89 bits per heavy atom. The Kier molecular flexibility index (Phi) is 5.93. The first-order chi connectivity index (χ1) is 13.3. The standard InChI is InChI=1S/C19H22N6O2S/c1-11-6-5-7-15(14(11)4)22-16(26)9-20-17(27)10-28-19-23-18-21-12(2)8-13(3)25(18)24-19/h5-8H,9-10H2,1-4H3,(H,20,27)(H,22,26). The van der Waals surface area contributed by atoms with Gasteiger partial charge < -0.3 is 10.6 Å². The van der Waals surface area contributed by atoms with Crippen molar-refractivity contribution < 1.29 is 9.59 Å². The molecule has 0 aliphatic rings. The van der Waals surface area contributed by atoms with Gasteiger partial charge in [-0.15, -0.1) is 5.10 Å². The van der Waals surface area contributed by atoms with Crippen LogP contribution in [0.25, 0.3) is 5.78 Å². The zero-order valence-corrected chi connectivity index (χ0v) is 17.1. The number of fused-ring (bicyclic) bond motifs is 1. The Morgan fingerprint density at radius 1 is 1.11 bits per heavy atom. The second-order valence-corrected chi connectivity index (χ2v) is 7.45. The van der Waals surface area contributed by atoms with Crippen molar-refractivity contribution in [3.8, 4) is 0 Å². The van der Waals surface area contributed by atoms with Crippen LogP contribution in [0.3, 0.4) is 0 Å². The molecule has 0 aliphatic carbocycles. The Bertz CT molecular complexity index is 1050. The van der Waals surface area contributed by atoms with Crippen LogP contribution >= 0.6 is 11.8 Å². The number of amides is 2. The minimum atomic E-state index is -0.270. The SMILES string of the molecule is Cc1cc(C)n2nc(SCC(=O)NCC(=O)Nc3cccc(C)c3C)nc2n1. The van der Waals surface area contributed by atoms with Crippen molar-refractivity contribution in [3.63, 3.8) is 0 Å². The molecule has 0 saturated heterocycles. The van der Waals surface area contributed by atoms with Gasteiger partial charge in [0, 0.05) is 17.1 Å². The van der Waals surface area contributed by atoms with Crippen molar-refractivity contribution in [2.45, 2.75) is 32.9 Å². The molecule has 2 N–H and O–H groups in total. The highest BCUT2D eigenvalue weighted by molar-refractivity contribution is 7.99. The number of nitrogens with zero attached hydrogens (tertiary/aromatic N) is 4.